The van der Waals surface area contributed by atoms with Crippen LogP contribution in [0.4, 0.5) is 4.79 Å². The van der Waals surface area contributed by atoms with E-state index in [1.165, 1.54) is 0 Å². The highest BCUT2D eigenvalue weighted by molar-refractivity contribution is 5.75. The fourth-order valence-corrected chi connectivity index (χ4v) is 2.61. The van der Waals surface area contributed by atoms with Crippen molar-refractivity contribution in [1.82, 2.24) is 10.2 Å². The number of piperidine rings is 1. The molecule has 0 bridgehead atoms. The van der Waals surface area contributed by atoms with E-state index in [-0.39, 0.29) is 18.0 Å². The summed E-state index contributed by atoms with van der Waals surface area (Å²) in [5.41, 5.74) is 0. The van der Waals surface area contributed by atoms with E-state index in [1.807, 2.05) is 6.92 Å². The lowest BCUT2D eigenvalue weighted by Gasteiger charge is -2.36. The summed E-state index contributed by atoms with van der Waals surface area (Å²) in [6.07, 6.45) is 3.23. The van der Waals surface area contributed by atoms with Gasteiger partial charge < -0.3 is 15.3 Å². The predicted molar refractivity (Wildman–Crippen MR) is 74.0 cm³/mol. The first-order valence-electron chi connectivity index (χ1n) is 7.26. The number of nitrogens with zero attached hydrogens (tertiary/aromatic N) is 1. The second-order valence-electron chi connectivity index (χ2n) is 5.47. The summed E-state index contributed by atoms with van der Waals surface area (Å²) in [5.74, 6) is -0.530. The molecule has 1 rings (SSSR count). The highest BCUT2D eigenvalue weighted by Crippen LogP contribution is 2.23. The standard InChI is InChI=1S/C14H26N2O3/c1-4-11(5-2)9-15-14(19)16-7-6-12(13(17)18)8-10(16)3/h10-12H,4-9H2,1-3H3,(H,15,19)(H,17,18). The van der Waals surface area contributed by atoms with Gasteiger partial charge in [0, 0.05) is 19.1 Å². The zero-order valence-corrected chi connectivity index (χ0v) is 12.2. The quantitative estimate of drug-likeness (QED) is 0.805. The van der Waals surface area contributed by atoms with Gasteiger partial charge in [0.2, 0.25) is 0 Å². The van der Waals surface area contributed by atoms with Gasteiger partial charge in [0.25, 0.3) is 0 Å². The van der Waals surface area contributed by atoms with Crippen molar-refractivity contribution in [3.8, 4) is 0 Å². The number of nitrogens with one attached hydrogen (secondary N) is 1. The van der Waals surface area contributed by atoms with Gasteiger partial charge in [-0.15, -0.1) is 0 Å². The van der Waals surface area contributed by atoms with Crippen LogP contribution in [0.25, 0.3) is 0 Å². The normalized spacial score (nSPS) is 23.5. The Balaban J connectivity index is 2.43. The summed E-state index contributed by atoms with van der Waals surface area (Å²) in [5, 5.41) is 12.0. The number of carboxylic acid groups (broad SMARTS) is 1. The molecule has 0 aromatic carbocycles. The van der Waals surface area contributed by atoms with Crippen LogP contribution in [0.5, 0.6) is 0 Å². The summed E-state index contributed by atoms with van der Waals surface area (Å²) < 4.78 is 0. The molecule has 0 aliphatic carbocycles. The molecular formula is C14H26N2O3. The Hall–Kier alpha value is -1.26. The maximum absolute atomic E-state index is 12.1. The maximum Gasteiger partial charge on any atom is 0.317 e. The van der Waals surface area contributed by atoms with E-state index in [9.17, 15) is 9.59 Å². The molecule has 0 radical (unpaired) electrons. The Morgan fingerprint density at radius 1 is 1.37 bits per heavy atom. The molecule has 5 heteroatoms. The first-order valence-corrected chi connectivity index (χ1v) is 7.26. The smallest absolute Gasteiger partial charge is 0.317 e. The van der Waals surface area contributed by atoms with Crippen LogP contribution < -0.4 is 5.32 Å². The molecule has 2 atom stereocenters. The van der Waals surface area contributed by atoms with E-state index >= 15 is 0 Å². The van der Waals surface area contributed by atoms with Crippen molar-refractivity contribution in [3.63, 3.8) is 0 Å². The van der Waals surface area contributed by atoms with Gasteiger partial charge in [0.15, 0.2) is 0 Å². The Labute approximate surface area is 115 Å². The lowest BCUT2D eigenvalue weighted by molar-refractivity contribution is -0.143. The number of carboxylic acids is 1. The third kappa shape index (κ3) is 4.40. The van der Waals surface area contributed by atoms with E-state index in [4.69, 9.17) is 5.11 Å². The zero-order valence-electron chi connectivity index (χ0n) is 12.2. The maximum atomic E-state index is 12.1. The van der Waals surface area contributed by atoms with Crippen molar-refractivity contribution >= 4 is 12.0 Å². The average Bonchev–Trinajstić information content (AvgIpc) is 2.39. The van der Waals surface area contributed by atoms with Crippen LogP contribution in [0.3, 0.4) is 0 Å². The van der Waals surface area contributed by atoms with Crippen molar-refractivity contribution < 1.29 is 14.7 Å². The fourth-order valence-electron chi connectivity index (χ4n) is 2.61. The van der Waals surface area contributed by atoms with E-state index in [0.717, 1.165) is 12.8 Å². The van der Waals surface area contributed by atoms with E-state index in [1.54, 1.807) is 4.90 Å². The van der Waals surface area contributed by atoms with Crippen molar-refractivity contribution in [2.24, 2.45) is 11.8 Å². The minimum Gasteiger partial charge on any atom is -0.481 e. The average molecular weight is 270 g/mol. The van der Waals surface area contributed by atoms with E-state index in [2.05, 4.69) is 19.2 Å². The van der Waals surface area contributed by atoms with Gasteiger partial charge in [-0.1, -0.05) is 26.7 Å². The monoisotopic (exact) mass is 270 g/mol. The molecule has 2 amide bonds. The van der Waals surface area contributed by atoms with Crippen molar-refractivity contribution in [3.05, 3.63) is 0 Å². The van der Waals surface area contributed by atoms with Crippen LogP contribution in [0.2, 0.25) is 0 Å². The summed E-state index contributed by atoms with van der Waals surface area (Å²) >= 11 is 0. The van der Waals surface area contributed by atoms with Gasteiger partial charge in [-0.3, -0.25) is 4.79 Å². The number of aliphatic carboxylic acids is 1. The topological polar surface area (TPSA) is 69.6 Å². The molecule has 1 heterocycles. The van der Waals surface area contributed by atoms with E-state index in [0.29, 0.717) is 31.8 Å². The van der Waals surface area contributed by atoms with Crippen LogP contribution in [-0.2, 0) is 4.79 Å². The van der Waals surface area contributed by atoms with Crippen LogP contribution in [0.15, 0.2) is 0 Å². The summed E-state index contributed by atoms with van der Waals surface area (Å²) in [4.78, 5) is 24.8. The molecule has 1 saturated heterocycles. The van der Waals surface area contributed by atoms with Crippen LogP contribution in [0, 0.1) is 11.8 Å². The van der Waals surface area contributed by atoms with Crippen LogP contribution in [0.1, 0.15) is 46.5 Å². The lowest BCUT2D eigenvalue weighted by Crippen LogP contribution is -2.50. The Morgan fingerprint density at radius 2 is 2.00 bits per heavy atom. The molecule has 1 aliphatic heterocycles. The SMILES string of the molecule is CCC(CC)CNC(=O)N1CCC(C(=O)O)CC1C. The highest BCUT2D eigenvalue weighted by atomic mass is 16.4. The molecule has 0 aromatic heterocycles. The van der Waals surface area contributed by atoms with Gasteiger partial charge in [0.1, 0.15) is 0 Å². The van der Waals surface area contributed by atoms with Crippen LogP contribution >= 0.6 is 0 Å². The second-order valence-corrected chi connectivity index (χ2v) is 5.47. The number of hydrogen-bond donors (Lipinski definition) is 2. The molecule has 1 fully saturated rings. The van der Waals surface area contributed by atoms with Gasteiger partial charge in [-0.2, -0.15) is 0 Å². The molecule has 110 valence electrons. The zero-order chi connectivity index (χ0) is 14.4. The second kappa shape index (κ2) is 7.36. The molecule has 0 aromatic rings. The van der Waals surface area contributed by atoms with Gasteiger partial charge in [0.05, 0.1) is 5.92 Å². The summed E-state index contributed by atoms with van der Waals surface area (Å²) in [6, 6.07) is -0.0557. The largest absolute Gasteiger partial charge is 0.481 e. The van der Waals surface area contributed by atoms with Gasteiger partial charge in [-0.05, 0) is 25.7 Å². The Morgan fingerprint density at radius 3 is 2.47 bits per heavy atom. The first kappa shape index (κ1) is 15.8. The summed E-state index contributed by atoms with van der Waals surface area (Å²) in [6.45, 7) is 7.42. The number of hydrogen-bond acceptors (Lipinski definition) is 2. The third-order valence-corrected chi connectivity index (χ3v) is 4.18. The van der Waals surface area contributed by atoms with E-state index < -0.39 is 5.97 Å². The molecule has 0 spiro atoms. The van der Waals surface area contributed by atoms with Gasteiger partial charge >= 0.3 is 12.0 Å². The number of rotatable bonds is 5. The Kier molecular flexibility index (Phi) is 6.12. The van der Waals surface area contributed by atoms with Crippen molar-refractivity contribution in [2.45, 2.75) is 52.5 Å². The van der Waals surface area contributed by atoms with Crippen molar-refractivity contribution in [1.29, 1.82) is 0 Å². The number of urea groups is 1. The first-order chi connectivity index (χ1) is 8.99. The minimum absolute atomic E-state index is 0.00319. The molecular weight excluding hydrogens is 244 g/mol. The predicted octanol–water partition coefficient (Wildman–Crippen LogP) is 2.32. The molecule has 5 nitrogen and oxygen atoms in total. The number of amides is 2. The molecule has 2 N–H and O–H groups in total. The molecule has 0 saturated carbocycles. The Bertz CT molecular complexity index is 316. The highest BCUT2D eigenvalue weighted by Gasteiger charge is 2.32. The number of likely N-dealkylation sites (tertiary alicyclic amines) is 1. The van der Waals surface area contributed by atoms with Crippen molar-refractivity contribution in [2.75, 3.05) is 13.1 Å². The molecule has 19 heavy (non-hydrogen) atoms. The summed E-state index contributed by atoms with van der Waals surface area (Å²) in [7, 11) is 0. The molecule has 2 unspecified atom stereocenters. The lowest BCUT2D eigenvalue weighted by atomic mass is 9.92. The van der Waals surface area contributed by atoms with Crippen LogP contribution in [-0.4, -0.2) is 41.1 Å². The van der Waals surface area contributed by atoms with Gasteiger partial charge in [-0.25, -0.2) is 4.79 Å². The third-order valence-electron chi connectivity index (χ3n) is 4.18. The minimum atomic E-state index is -0.746. The number of carbonyl (C=O) groups is 2. The fraction of sp³-hybridized carbons (Fsp3) is 0.857. The number of carbonyl (C=O) groups excluding carboxylic acids is 1. The molecule has 1 aliphatic rings.